The summed E-state index contributed by atoms with van der Waals surface area (Å²) in [6.07, 6.45) is 2.70. The zero-order chi connectivity index (χ0) is 17.9. The van der Waals surface area contributed by atoms with E-state index in [1.807, 2.05) is 6.92 Å². The van der Waals surface area contributed by atoms with E-state index in [0.717, 1.165) is 12.8 Å². The van der Waals surface area contributed by atoms with Crippen molar-refractivity contribution < 1.29 is 29.3 Å². The molecule has 1 aromatic carbocycles. The second-order valence-corrected chi connectivity index (χ2v) is 5.45. The molecule has 3 N–H and O–H groups in total. The maximum absolute atomic E-state index is 12.2. The van der Waals surface area contributed by atoms with Gasteiger partial charge < -0.3 is 20.3 Å². The van der Waals surface area contributed by atoms with E-state index in [1.165, 1.54) is 19.3 Å². The van der Waals surface area contributed by atoms with Gasteiger partial charge in [-0.25, -0.2) is 0 Å². The first kappa shape index (κ1) is 17.5. The molecule has 1 amide bonds. The van der Waals surface area contributed by atoms with Crippen LogP contribution >= 0.6 is 0 Å². The molecule has 0 radical (unpaired) electrons. The van der Waals surface area contributed by atoms with Crippen molar-refractivity contribution in [1.29, 1.82) is 0 Å². The Bertz CT molecular complexity index is 735. The Morgan fingerprint density at radius 3 is 2.62 bits per heavy atom. The van der Waals surface area contributed by atoms with Crippen LogP contribution < -0.4 is 10.1 Å². The van der Waals surface area contributed by atoms with Crippen molar-refractivity contribution in [2.24, 2.45) is 0 Å². The number of hydrogen-bond donors (Lipinski definition) is 3. The number of carbonyl (C=O) groups excluding carboxylic acids is 3. The predicted molar refractivity (Wildman–Crippen MR) is 86.2 cm³/mol. The van der Waals surface area contributed by atoms with Crippen molar-refractivity contribution in [3.8, 4) is 17.2 Å². The number of methoxy groups -OCH3 is 1. The summed E-state index contributed by atoms with van der Waals surface area (Å²) in [6.45, 7) is 2.45. The monoisotopic (exact) mass is 333 g/mol. The van der Waals surface area contributed by atoms with Crippen molar-refractivity contribution >= 4 is 23.5 Å². The summed E-state index contributed by atoms with van der Waals surface area (Å²) in [6, 6.07) is 1.31. The Morgan fingerprint density at radius 1 is 1.29 bits per heavy atom. The number of phenolic OH excluding ortho intramolecular Hbond substituents is 2. The smallest absolute Gasteiger partial charge is 0.247 e. The predicted octanol–water partition coefficient (Wildman–Crippen LogP) is 1.56. The van der Waals surface area contributed by atoms with Crippen LogP contribution in [-0.4, -0.2) is 41.3 Å². The normalized spacial score (nSPS) is 13.8. The standard InChI is InChI=1S/C17H19NO6/c1-3-4-5-18-17(23)10-6-9-8-12(24-2)15(21)16(22)13(9)14(20)11(19)7-10/h6,8,21-22H,3-5,7H2,1-2H3,(H,18,23). The fourth-order valence-electron chi connectivity index (χ4n) is 2.43. The molecule has 0 fully saturated rings. The van der Waals surface area contributed by atoms with Gasteiger partial charge in [-0.15, -0.1) is 0 Å². The molecule has 7 heteroatoms. The van der Waals surface area contributed by atoms with Gasteiger partial charge in [-0.3, -0.25) is 14.4 Å². The number of hydrogen-bond acceptors (Lipinski definition) is 6. The number of benzene rings is 1. The van der Waals surface area contributed by atoms with E-state index < -0.39 is 29.0 Å². The zero-order valence-corrected chi connectivity index (χ0v) is 13.5. The Labute approximate surface area is 138 Å². The highest BCUT2D eigenvalue weighted by Gasteiger charge is 2.31. The first-order chi connectivity index (χ1) is 11.4. The van der Waals surface area contributed by atoms with Gasteiger partial charge in [-0.05, 0) is 24.1 Å². The van der Waals surface area contributed by atoms with Gasteiger partial charge in [0, 0.05) is 18.5 Å². The Balaban J connectivity index is 2.50. The second kappa shape index (κ2) is 7.16. The second-order valence-electron chi connectivity index (χ2n) is 5.45. The fourth-order valence-corrected chi connectivity index (χ4v) is 2.43. The van der Waals surface area contributed by atoms with E-state index in [1.54, 1.807) is 0 Å². The first-order valence-corrected chi connectivity index (χ1v) is 7.59. The van der Waals surface area contributed by atoms with Gasteiger partial charge in [-0.2, -0.15) is 0 Å². The quantitative estimate of drug-likeness (QED) is 0.428. The summed E-state index contributed by atoms with van der Waals surface area (Å²) in [7, 11) is 1.28. The lowest BCUT2D eigenvalue weighted by molar-refractivity contribution is -0.120. The average molecular weight is 333 g/mol. The fraction of sp³-hybridized carbons (Fsp3) is 0.353. The lowest BCUT2D eigenvalue weighted by Crippen LogP contribution is -2.27. The number of rotatable bonds is 5. The molecule has 1 aliphatic rings. The lowest BCUT2D eigenvalue weighted by Gasteiger charge is -2.11. The molecule has 0 aliphatic heterocycles. The van der Waals surface area contributed by atoms with Crippen LogP contribution in [0.15, 0.2) is 11.6 Å². The van der Waals surface area contributed by atoms with Gasteiger partial charge in [-0.1, -0.05) is 13.3 Å². The van der Waals surface area contributed by atoms with Crippen LogP contribution in [-0.2, 0) is 9.59 Å². The summed E-state index contributed by atoms with van der Waals surface area (Å²) in [5.74, 6) is -3.63. The SMILES string of the molecule is CCCCNC(=O)C1=Cc2cc(OC)c(O)c(O)c2C(=O)C(=O)C1. The minimum absolute atomic E-state index is 0.0598. The molecule has 0 saturated carbocycles. The third kappa shape index (κ3) is 3.24. The molecule has 0 spiro atoms. The highest BCUT2D eigenvalue weighted by molar-refractivity contribution is 6.46. The zero-order valence-electron chi connectivity index (χ0n) is 13.5. The first-order valence-electron chi connectivity index (χ1n) is 7.59. The summed E-state index contributed by atoms with van der Waals surface area (Å²) in [4.78, 5) is 36.5. The number of ether oxygens (including phenoxy) is 1. The van der Waals surface area contributed by atoms with Crippen molar-refractivity contribution in [3.63, 3.8) is 0 Å². The van der Waals surface area contributed by atoms with E-state index in [4.69, 9.17) is 4.74 Å². The average Bonchev–Trinajstić information content (AvgIpc) is 2.68. The number of carbonyl (C=O) groups is 3. The molecule has 128 valence electrons. The number of unbranched alkanes of at least 4 members (excludes halogenated alkanes) is 1. The minimum Gasteiger partial charge on any atom is -0.504 e. The van der Waals surface area contributed by atoms with Crippen molar-refractivity contribution in [2.75, 3.05) is 13.7 Å². The maximum atomic E-state index is 12.2. The van der Waals surface area contributed by atoms with Gasteiger partial charge in [0.2, 0.25) is 23.2 Å². The van der Waals surface area contributed by atoms with Gasteiger partial charge in [0.15, 0.2) is 11.5 Å². The molecule has 0 bridgehead atoms. The number of phenols is 2. The van der Waals surface area contributed by atoms with Crippen LogP contribution in [0.4, 0.5) is 0 Å². The van der Waals surface area contributed by atoms with Gasteiger partial charge >= 0.3 is 0 Å². The van der Waals surface area contributed by atoms with Crippen LogP contribution in [0.25, 0.3) is 6.08 Å². The molecular weight excluding hydrogens is 314 g/mol. The van der Waals surface area contributed by atoms with Crippen LogP contribution in [0.1, 0.15) is 42.1 Å². The molecular formula is C17H19NO6. The number of aromatic hydroxyl groups is 2. The topological polar surface area (TPSA) is 113 Å². The third-order valence-electron chi connectivity index (χ3n) is 3.76. The Morgan fingerprint density at radius 2 is 2.00 bits per heavy atom. The molecule has 2 rings (SSSR count). The molecule has 0 heterocycles. The molecule has 1 aromatic rings. The number of Topliss-reactive ketones (excluding diaryl/α,β-unsaturated/α-hetero) is 2. The summed E-state index contributed by atoms with van der Waals surface area (Å²) >= 11 is 0. The van der Waals surface area contributed by atoms with Crippen molar-refractivity contribution in [3.05, 3.63) is 22.8 Å². The molecule has 1 aliphatic carbocycles. The maximum Gasteiger partial charge on any atom is 0.247 e. The van der Waals surface area contributed by atoms with E-state index in [9.17, 15) is 24.6 Å². The molecule has 0 aromatic heterocycles. The van der Waals surface area contributed by atoms with Crippen LogP contribution in [0.5, 0.6) is 17.2 Å². The summed E-state index contributed by atoms with van der Waals surface area (Å²) in [5.41, 5.74) is -0.0522. The minimum atomic E-state index is -0.951. The molecule has 24 heavy (non-hydrogen) atoms. The molecule has 7 nitrogen and oxygen atoms in total. The van der Waals surface area contributed by atoms with Crippen LogP contribution in [0, 0.1) is 0 Å². The van der Waals surface area contributed by atoms with Gasteiger partial charge in [0.1, 0.15) is 0 Å². The largest absolute Gasteiger partial charge is 0.504 e. The van der Waals surface area contributed by atoms with Crippen molar-refractivity contribution in [2.45, 2.75) is 26.2 Å². The molecule has 0 unspecified atom stereocenters. The number of amides is 1. The highest BCUT2D eigenvalue weighted by Crippen LogP contribution is 2.42. The molecule has 0 atom stereocenters. The summed E-state index contributed by atoms with van der Waals surface area (Å²) < 4.78 is 4.93. The Kier molecular flexibility index (Phi) is 5.23. The number of fused-ring (bicyclic) bond motifs is 1. The van der Waals surface area contributed by atoms with E-state index >= 15 is 0 Å². The third-order valence-corrected chi connectivity index (χ3v) is 3.76. The number of nitrogens with one attached hydrogen (secondary N) is 1. The van der Waals surface area contributed by atoms with Crippen LogP contribution in [0.3, 0.4) is 0 Å². The van der Waals surface area contributed by atoms with E-state index in [2.05, 4.69) is 5.32 Å². The summed E-state index contributed by atoms with van der Waals surface area (Å²) in [5, 5.41) is 22.6. The lowest BCUT2D eigenvalue weighted by atomic mass is 10.00. The number of ketones is 2. The molecule has 0 saturated heterocycles. The highest BCUT2D eigenvalue weighted by atomic mass is 16.5. The Hall–Kier alpha value is -2.83. The van der Waals surface area contributed by atoms with E-state index in [0.29, 0.717) is 6.54 Å². The van der Waals surface area contributed by atoms with E-state index in [-0.39, 0.29) is 28.9 Å². The van der Waals surface area contributed by atoms with Gasteiger partial charge in [0.25, 0.3) is 0 Å². The van der Waals surface area contributed by atoms with Crippen LogP contribution in [0.2, 0.25) is 0 Å². The van der Waals surface area contributed by atoms with Gasteiger partial charge in [0.05, 0.1) is 12.7 Å². The van der Waals surface area contributed by atoms with Crippen molar-refractivity contribution in [1.82, 2.24) is 5.32 Å².